The second-order valence-electron chi connectivity index (χ2n) is 16.6. The highest BCUT2D eigenvalue weighted by Crippen LogP contribution is 2.30. The molecule has 0 bridgehead atoms. The molecule has 3 aliphatic rings. The zero-order valence-electron chi connectivity index (χ0n) is 55.7. The van der Waals surface area contributed by atoms with Gasteiger partial charge in [0.2, 0.25) is 0 Å². The van der Waals surface area contributed by atoms with Crippen LogP contribution in [-0.2, 0) is 4.74 Å². The van der Waals surface area contributed by atoms with Crippen LogP contribution in [0, 0.1) is 20.8 Å². The van der Waals surface area contributed by atoms with Crippen LogP contribution in [0.15, 0.2) is 110 Å². The number of hydrogen-bond donors (Lipinski definition) is 1. The molecule has 0 spiro atoms. The molecule has 0 radical (unpaired) electrons. The molecule has 0 saturated carbocycles. The minimum Gasteiger partial charge on any atom is -0.378 e. The number of anilines is 3. The number of aromatic nitrogens is 12. The van der Waals surface area contributed by atoms with Gasteiger partial charge in [-0.2, -0.15) is 15.3 Å². The SMILES string of the molecule is CC.CC.CC.CC.CC.CC.CC.CC.CC.Cc1nc2cccnn2c1-c1ccnc(N2CCCCC2)c1.Cc1nc2cccnn2c1-c1ccnc(N2CCNCC2)c1.Cc1nc2cccnn2c1-c1ccnc(N2CCOCC2)c1. The fourth-order valence-electron chi connectivity index (χ4n) is 9.02. The lowest BCUT2D eigenvalue weighted by Gasteiger charge is -2.28. The molecule has 17 nitrogen and oxygen atoms in total. The molecule has 84 heavy (non-hydrogen) atoms. The maximum Gasteiger partial charge on any atom is 0.154 e. The molecule has 12 rings (SSSR count). The number of ether oxygens (including phenoxy) is 1. The van der Waals surface area contributed by atoms with Gasteiger partial charge < -0.3 is 24.8 Å². The standard InChI is InChI=1S/C17H19N5.C16H18N6.C16H17N5O.9C2H6/c1-13-17(22-15(20-13)6-5-8-19-22)14-7-9-18-16(12-14)21-10-3-2-4-11-21;1-12-16(22-14(20-12)3-2-5-19-22)13-4-6-18-15(11-13)21-9-7-17-8-10-21;1-12-16(21-14(19-12)3-2-5-18-21)13-4-6-17-15(11-13)20-7-9-22-10-8-20;9*1-2/h5-9,12H,2-4,10-11H2,1H3;2-6,11,17H,7-10H2,1H3;2-6,11H,7-10H2,1H3;9*1-2H3. The molecule has 462 valence electrons. The molecular formula is C67H108N16O. The first-order valence-electron chi connectivity index (χ1n) is 31.8. The first kappa shape index (κ1) is 74.6. The Morgan fingerprint density at radius 1 is 0.357 bits per heavy atom. The molecule has 3 aliphatic heterocycles. The maximum atomic E-state index is 5.41. The van der Waals surface area contributed by atoms with Crippen molar-refractivity contribution in [2.24, 2.45) is 0 Å². The Hall–Kier alpha value is -7.37. The van der Waals surface area contributed by atoms with Crippen LogP contribution < -0.4 is 20.0 Å². The van der Waals surface area contributed by atoms with Gasteiger partial charge in [-0.15, -0.1) is 0 Å². The van der Waals surface area contributed by atoms with Gasteiger partial charge in [0, 0.05) is 106 Å². The van der Waals surface area contributed by atoms with Crippen LogP contribution in [0.25, 0.3) is 50.7 Å². The number of morpholine rings is 1. The lowest BCUT2D eigenvalue weighted by Crippen LogP contribution is -2.43. The number of nitrogens with one attached hydrogen (secondary N) is 1. The second-order valence-corrected chi connectivity index (χ2v) is 16.6. The number of aryl methyl sites for hydroxylation is 3. The number of pyridine rings is 3. The zero-order chi connectivity index (χ0) is 62.8. The third-order valence-corrected chi connectivity index (χ3v) is 12.2. The average Bonchev–Trinajstić information content (AvgIpc) is 4.29. The second kappa shape index (κ2) is 44.2. The molecule has 0 aliphatic carbocycles. The summed E-state index contributed by atoms with van der Waals surface area (Å²) in [6.45, 7) is 51.5. The molecule has 0 aromatic carbocycles. The Morgan fingerprint density at radius 2 is 0.655 bits per heavy atom. The van der Waals surface area contributed by atoms with Crippen LogP contribution in [0.5, 0.6) is 0 Å². The Labute approximate surface area is 506 Å². The maximum absolute atomic E-state index is 5.41. The Morgan fingerprint density at radius 3 is 0.976 bits per heavy atom. The van der Waals surface area contributed by atoms with E-state index in [9.17, 15) is 0 Å². The third-order valence-electron chi connectivity index (χ3n) is 12.2. The molecule has 0 unspecified atom stereocenters. The number of imidazole rings is 3. The predicted octanol–water partition coefficient (Wildman–Crippen LogP) is 15.8. The van der Waals surface area contributed by atoms with E-state index in [1.54, 1.807) is 18.6 Å². The topological polar surface area (TPSA) is 160 Å². The van der Waals surface area contributed by atoms with Crippen molar-refractivity contribution < 1.29 is 4.74 Å². The van der Waals surface area contributed by atoms with Gasteiger partial charge in [0.05, 0.1) is 47.4 Å². The summed E-state index contributed by atoms with van der Waals surface area (Å²) in [5.74, 6) is 3.05. The number of rotatable bonds is 6. The van der Waals surface area contributed by atoms with Crippen molar-refractivity contribution in [3.05, 3.63) is 127 Å². The van der Waals surface area contributed by atoms with Crippen LogP contribution in [0.1, 0.15) is 161 Å². The van der Waals surface area contributed by atoms with Gasteiger partial charge in [-0.25, -0.2) is 43.5 Å². The molecule has 3 saturated heterocycles. The van der Waals surface area contributed by atoms with E-state index in [2.05, 4.69) is 83.4 Å². The summed E-state index contributed by atoms with van der Waals surface area (Å²) in [6, 6.07) is 24.1. The molecule has 3 fully saturated rings. The normalized spacial score (nSPS) is 12.8. The molecule has 9 aromatic heterocycles. The number of fused-ring (bicyclic) bond motifs is 3. The third kappa shape index (κ3) is 20.8. The number of piperazine rings is 1. The number of piperidine rings is 1. The van der Waals surface area contributed by atoms with Crippen LogP contribution in [-0.4, -0.2) is 124 Å². The quantitative estimate of drug-likeness (QED) is 0.167. The van der Waals surface area contributed by atoms with Crippen molar-refractivity contribution in [3.8, 4) is 33.8 Å². The fraction of sp³-hybridized carbons (Fsp3) is 0.507. The average molecular weight is 1150 g/mol. The summed E-state index contributed by atoms with van der Waals surface area (Å²) in [7, 11) is 0. The molecule has 0 amide bonds. The van der Waals surface area contributed by atoms with Crippen LogP contribution in [0.2, 0.25) is 0 Å². The molecule has 12 heterocycles. The number of hydrogen-bond acceptors (Lipinski definition) is 14. The van der Waals surface area contributed by atoms with Gasteiger partial charge in [0.1, 0.15) is 17.5 Å². The van der Waals surface area contributed by atoms with Gasteiger partial charge in [-0.05, 0) is 113 Å². The summed E-state index contributed by atoms with van der Waals surface area (Å²) in [5.41, 5.74) is 12.0. The van der Waals surface area contributed by atoms with E-state index in [0.29, 0.717) is 0 Å². The lowest BCUT2D eigenvalue weighted by molar-refractivity contribution is 0.122. The summed E-state index contributed by atoms with van der Waals surface area (Å²) >= 11 is 0. The van der Waals surface area contributed by atoms with E-state index in [1.165, 1.54) is 19.3 Å². The highest BCUT2D eigenvalue weighted by Gasteiger charge is 2.19. The lowest BCUT2D eigenvalue weighted by atomic mass is 10.1. The van der Waals surface area contributed by atoms with E-state index in [-0.39, 0.29) is 0 Å². The van der Waals surface area contributed by atoms with Crippen LogP contribution >= 0.6 is 0 Å². The van der Waals surface area contributed by atoms with E-state index in [0.717, 1.165) is 151 Å². The van der Waals surface area contributed by atoms with E-state index in [4.69, 9.17) is 4.74 Å². The fourth-order valence-corrected chi connectivity index (χ4v) is 9.02. The Bertz CT molecular complexity index is 2750. The Balaban J connectivity index is 0.000000554. The highest BCUT2D eigenvalue weighted by molar-refractivity contribution is 5.71. The number of nitrogens with zero attached hydrogens (tertiary/aromatic N) is 15. The highest BCUT2D eigenvalue weighted by atomic mass is 16.5. The van der Waals surface area contributed by atoms with Gasteiger partial charge in [-0.3, -0.25) is 0 Å². The van der Waals surface area contributed by atoms with Crippen molar-refractivity contribution in [3.63, 3.8) is 0 Å². The van der Waals surface area contributed by atoms with Gasteiger partial charge in [-0.1, -0.05) is 125 Å². The largest absolute Gasteiger partial charge is 0.378 e. The minimum atomic E-state index is 0.752. The van der Waals surface area contributed by atoms with Gasteiger partial charge in [0.15, 0.2) is 16.9 Å². The smallest absolute Gasteiger partial charge is 0.154 e. The summed E-state index contributed by atoms with van der Waals surface area (Å²) in [5, 5.41) is 16.7. The monoisotopic (exact) mass is 1150 g/mol. The molecule has 17 heteroatoms. The van der Waals surface area contributed by atoms with Crippen molar-refractivity contribution in [2.75, 3.05) is 80.3 Å². The Kier molecular flexibility index (Phi) is 39.3. The van der Waals surface area contributed by atoms with Crippen molar-refractivity contribution in [1.82, 2.24) is 64.1 Å². The molecule has 1 N–H and O–H groups in total. The zero-order valence-corrected chi connectivity index (χ0v) is 55.7. The summed E-state index contributed by atoms with van der Waals surface area (Å²) in [4.78, 5) is 34.3. The van der Waals surface area contributed by atoms with Crippen molar-refractivity contribution in [2.45, 2.75) is 165 Å². The van der Waals surface area contributed by atoms with Crippen molar-refractivity contribution >= 4 is 34.4 Å². The predicted molar refractivity (Wildman–Crippen MR) is 359 cm³/mol. The van der Waals surface area contributed by atoms with E-state index < -0.39 is 0 Å². The first-order valence-corrected chi connectivity index (χ1v) is 31.8. The van der Waals surface area contributed by atoms with Gasteiger partial charge in [0.25, 0.3) is 0 Å². The van der Waals surface area contributed by atoms with E-state index in [1.807, 2.05) is 232 Å². The van der Waals surface area contributed by atoms with E-state index >= 15 is 0 Å². The summed E-state index contributed by atoms with van der Waals surface area (Å²) < 4.78 is 11.1. The summed E-state index contributed by atoms with van der Waals surface area (Å²) in [6.07, 6.45) is 14.8. The van der Waals surface area contributed by atoms with Crippen molar-refractivity contribution in [1.29, 1.82) is 0 Å². The molecule has 0 atom stereocenters. The molecule has 9 aromatic rings. The first-order chi connectivity index (χ1) is 41.5. The van der Waals surface area contributed by atoms with Crippen LogP contribution in [0.4, 0.5) is 17.5 Å². The molecular weight excluding hydrogens is 1040 g/mol. The minimum absolute atomic E-state index is 0.752. The van der Waals surface area contributed by atoms with Gasteiger partial charge >= 0.3 is 0 Å². The van der Waals surface area contributed by atoms with Crippen LogP contribution in [0.3, 0.4) is 0 Å².